The summed E-state index contributed by atoms with van der Waals surface area (Å²) in [5, 5.41) is 10.9. The van der Waals surface area contributed by atoms with E-state index in [0.29, 0.717) is 12.0 Å². The van der Waals surface area contributed by atoms with Gasteiger partial charge in [-0.3, -0.25) is 4.90 Å². The van der Waals surface area contributed by atoms with Crippen molar-refractivity contribution in [1.29, 1.82) is 0 Å². The maximum absolute atomic E-state index is 10.9. The van der Waals surface area contributed by atoms with Gasteiger partial charge in [-0.15, -0.1) is 0 Å². The molecular weight excluding hydrogens is 198 g/mol. The SMILES string of the molecule is CCCC(O)(C(C)C)C(CC)N(CC)CC. The molecule has 1 N–H and O–H groups in total. The Labute approximate surface area is 102 Å². The van der Waals surface area contributed by atoms with Crippen molar-refractivity contribution in [2.75, 3.05) is 13.1 Å². The molecule has 0 bridgehead atoms. The van der Waals surface area contributed by atoms with Gasteiger partial charge >= 0.3 is 0 Å². The lowest BCUT2D eigenvalue weighted by Crippen LogP contribution is -2.55. The number of likely N-dealkylation sites (N-methyl/N-ethyl adjacent to an activating group) is 1. The minimum absolute atomic E-state index is 0.294. The van der Waals surface area contributed by atoms with E-state index in [0.717, 1.165) is 32.4 Å². The maximum atomic E-state index is 10.9. The molecule has 0 aliphatic carbocycles. The Hall–Kier alpha value is -0.0800. The molecule has 2 heteroatoms. The number of nitrogens with zero attached hydrogens (tertiary/aromatic N) is 1. The normalized spacial score (nSPS) is 17.8. The molecule has 0 radical (unpaired) electrons. The first-order valence-corrected chi connectivity index (χ1v) is 6.94. The van der Waals surface area contributed by atoms with Crippen LogP contribution in [-0.4, -0.2) is 34.7 Å². The number of hydrogen-bond acceptors (Lipinski definition) is 2. The maximum Gasteiger partial charge on any atom is 0.0824 e. The molecular formula is C14H31NO. The molecule has 0 aliphatic heterocycles. The lowest BCUT2D eigenvalue weighted by molar-refractivity contribution is -0.0865. The van der Waals surface area contributed by atoms with Gasteiger partial charge in [0.05, 0.1) is 5.60 Å². The largest absolute Gasteiger partial charge is 0.388 e. The third-order valence-electron chi connectivity index (χ3n) is 3.87. The third kappa shape index (κ3) is 3.46. The second kappa shape index (κ2) is 7.29. The average molecular weight is 229 g/mol. The minimum Gasteiger partial charge on any atom is -0.388 e. The van der Waals surface area contributed by atoms with E-state index in [9.17, 15) is 5.11 Å². The first-order valence-electron chi connectivity index (χ1n) is 6.94. The summed E-state index contributed by atoms with van der Waals surface area (Å²) in [5.74, 6) is 0.318. The van der Waals surface area contributed by atoms with Gasteiger partial charge in [0.2, 0.25) is 0 Å². The second-order valence-corrected chi connectivity index (χ2v) is 5.04. The molecule has 2 unspecified atom stereocenters. The van der Waals surface area contributed by atoms with Crippen molar-refractivity contribution in [2.45, 2.75) is 72.4 Å². The lowest BCUT2D eigenvalue weighted by Gasteiger charge is -2.44. The fourth-order valence-electron chi connectivity index (χ4n) is 2.83. The zero-order valence-electron chi connectivity index (χ0n) is 12.1. The highest BCUT2D eigenvalue weighted by molar-refractivity contribution is 4.94. The Kier molecular flexibility index (Phi) is 7.25. The molecule has 0 saturated heterocycles. The van der Waals surface area contributed by atoms with E-state index in [-0.39, 0.29) is 0 Å². The Morgan fingerprint density at radius 2 is 1.56 bits per heavy atom. The summed E-state index contributed by atoms with van der Waals surface area (Å²) in [6, 6.07) is 0.294. The molecule has 0 saturated carbocycles. The summed E-state index contributed by atoms with van der Waals surface area (Å²) in [5.41, 5.74) is -0.532. The molecule has 16 heavy (non-hydrogen) atoms. The van der Waals surface area contributed by atoms with Gasteiger partial charge in [0.15, 0.2) is 0 Å². The highest BCUT2D eigenvalue weighted by Gasteiger charge is 2.40. The van der Waals surface area contributed by atoms with Gasteiger partial charge in [-0.2, -0.15) is 0 Å². The number of hydrogen-bond donors (Lipinski definition) is 1. The highest BCUT2D eigenvalue weighted by atomic mass is 16.3. The summed E-state index contributed by atoms with van der Waals surface area (Å²) in [6.07, 6.45) is 2.97. The van der Waals surface area contributed by atoms with Crippen LogP contribution in [-0.2, 0) is 0 Å². The van der Waals surface area contributed by atoms with Crippen molar-refractivity contribution in [2.24, 2.45) is 5.92 Å². The molecule has 0 rings (SSSR count). The van der Waals surface area contributed by atoms with Crippen LogP contribution in [0.1, 0.15) is 60.8 Å². The summed E-state index contributed by atoms with van der Waals surface area (Å²) >= 11 is 0. The van der Waals surface area contributed by atoms with Gasteiger partial charge in [-0.05, 0) is 31.8 Å². The Morgan fingerprint density at radius 1 is 1.06 bits per heavy atom. The van der Waals surface area contributed by atoms with Crippen LogP contribution in [0, 0.1) is 5.92 Å². The zero-order chi connectivity index (χ0) is 12.8. The first kappa shape index (κ1) is 15.9. The van der Waals surface area contributed by atoms with E-state index in [1.807, 2.05) is 0 Å². The molecule has 0 fully saturated rings. The standard InChI is InChI=1S/C14H31NO/c1-7-11-14(16,12(5)6)13(8-2)15(9-3)10-4/h12-13,16H,7-11H2,1-6H3. The van der Waals surface area contributed by atoms with Crippen molar-refractivity contribution in [1.82, 2.24) is 4.90 Å². The van der Waals surface area contributed by atoms with Crippen molar-refractivity contribution in [3.63, 3.8) is 0 Å². The molecule has 2 nitrogen and oxygen atoms in total. The van der Waals surface area contributed by atoms with E-state index in [2.05, 4.69) is 46.4 Å². The second-order valence-electron chi connectivity index (χ2n) is 5.04. The van der Waals surface area contributed by atoms with Crippen molar-refractivity contribution in [3.05, 3.63) is 0 Å². The summed E-state index contributed by atoms with van der Waals surface area (Å²) in [7, 11) is 0. The monoisotopic (exact) mass is 229 g/mol. The van der Waals surface area contributed by atoms with Crippen LogP contribution in [0.3, 0.4) is 0 Å². The predicted molar refractivity (Wildman–Crippen MR) is 71.7 cm³/mol. The van der Waals surface area contributed by atoms with Crippen LogP contribution in [0.5, 0.6) is 0 Å². The van der Waals surface area contributed by atoms with E-state index in [1.54, 1.807) is 0 Å². The fourth-order valence-corrected chi connectivity index (χ4v) is 2.83. The summed E-state index contributed by atoms with van der Waals surface area (Å²) in [4.78, 5) is 2.40. The van der Waals surface area contributed by atoms with E-state index < -0.39 is 5.60 Å². The van der Waals surface area contributed by atoms with Gasteiger partial charge in [0.25, 0.3) is 0 Å². The Balaban J connectivity index is 4.97. The van der Waals surface area contributed by atoms with Crippen molar-refractivity contribution < 1.29 is 5.11 Å². The Morgan fingerprint density at radius 3 is 1.81 bits per heavy atom. The molecule has 0 aliphatic rings. The topological polar surface area (TPSA) is 23.5 Å². The lowest BCUT2D eigenvalue weighted by atomic mass is 9.78. The molecule has 2 atom stereocenters. The Bertz CT molecular complexity index is 178. The molecule has 0 spiro atoms. The van der Waals surface area contributed by atoms with Crippen LogP contribution in [0.4, 0.5) is 0 Å². The van der Waals surface area contributed by atoms with Gasteiger partial charge in [0, 0.05) is 6.04 Å². The summed E-state index contributed by atoms with van der Waals surface area (Å²) < 4.78 is 0. The quantitative estimate of drug-likeness (QED) is 0.690. The van der Waals surface area contributed by atoms with E-state index in [1.165, 1.54) is 0 Å². The summed E-state index contributed by atoms with van der Waals surface area (Å²) in [6.45, 7) is 15.0. The van der Waals surface area contributed by atoms with Gasteiger partial charge < -0.3 is 5.11 Å². The van der Waals surface area contributed by atoms with Crippen LogP contribution in [0.25, 0.3) is 0 Å². The van der Waals surface area contributed by atoms with Crippen LogP contribution in [0.2, 0.25) is 0 Å². The van der Waals surface area contributed by atoms with E-state index >= 15 is 0 Å². The van der Waals surface area contributed by atoms with Crippen molar-refractivity contribution >= 4 is 0 Å². The smallest absolute Gasteiger partial charge is 0.0824 e. The molecule has 98 valence electrons. The zero-order valence-corrected chi connectivity index (χ0v) is 12.1. The van der Waals surface area contributed by atoms with Crippen LogP contribution < -0.4 is 0 Å². The molecule has 0 amide bonds. The highest BCUT2D eigenvalue weighted by Crippen LogP contribution is 2.31. The number of rotatable bonds is 8. The van der Waals surface area contributed by atoms with E-state index in [4.69, 9.17) is 0 Å². The first-order chi connectivity index (χ1) is 7.47. The molecule has 0 aromatic rings. The molecule has 0 aromatic heterocycles. The third-order valence-corrected chi connectivity index (χ3v) is 3.87. The van der Waals surface area contributed by atoms with Crippen molar-refractivity contribution in [3.8, 4) is 0 Å². The van der Waals surface area contributed by atoms with Crippen LogP contribution in [0.15, 0.2) is 0 Å². The molecule has 0 heterocycles. The van der Waals surface area contributed by atoms with Gasteiger partial charge in [-0.25, -0.2) is 0 Å². The van der Waals surface area contributed by atoms with Crippen LogP contribution >= 0.6 is 0 Å². The molecule has 0 aromatic carbocycles. The van der Waals surface area contributed by atoms with Gasteiger partial charge in [0.1, 0.15) is 0 Å². The minimum atomic E-state index is -0.532. The number of aliphatic hydroxyl groups is 1. The fraction of sp³-hybridized carbons (Fsp3) is 1.00. The predicted octanol–water partition coefficient (Wildman–Crippen LogP) is 3.29. The van der Waals surface area contributed by atoms with Gasteiger partial charge in [-0.1, -0.05) is 48.0 Å². The average Bonchev–Trinajstić information content (AvgIpc) is 2.25.